The third-order valence-corrected chi connectivity index (χ3v) is 4.02. The first-order valence-corrected chi connectivity index (χ1v) is 9.07. The number of carbonyl (C=O) groups is 2. The normalized spacial score (nSPS) is 11.0. The summed E-state index contributed by atoms with van der Waals surface area (Å²) in [5.74, 6) is -2.04. The number of halogens is 3. The number of methoxy groups -OCH3 is 1. The van der Waals surface area contributed by atoms with Crippen molar-refractivity contribution in [1.82, 2.24) is 9.97 Å². The van der Waals surface area contributed by atoms with E-state index in [9.17, 15) is 18.0 Å². The summed E-state index contributed by atoms with van der Waals surface area (Å²) in [4.78, 5) is 27.2. The molecule has 3 aromatic rings. The molecule has 10 heteroatoms. The van der Waals surface area contributed by atoms with Gasteiger partial charge in [-0.15, -0.1) is 0 Å². The van der Waals surface area contributed by atoms with Crippen molar-refractivity contribution in [3.05, 3.63) is 77.8 Å². The molecule has 0 aliphatic heterocycles. The van der Waals surface area contributed by atoms with Crippen molar-refractivity contribution >= 4 is 18.0 Å². The van der Waals surface area contributed by atoms with Gasteiger partial charge in [-0.05, 0) is 29.3 Å². The van der Waals surface area contributed by atoms with E-state index < -0.39 is 18.1 Å². The zero-order valence-corrected chi connectivity index (χ0v) is 16.8. The van der Waals surface area contributed by atoms with Crippen LogP contribution in [0.4, 0.5) is 13.2 Å². The summed E-state index contributed by atoms with van der Waals surface area (Å²) in [6.45, 7) is 0. The van der Waals surface area contributed by atoms with E-state index in [0.717, 1.165) is 40.0 Å². The summed E-state index contributed by atoms with van der Waals surface area (Å²) < 4.78 is 37.0. The number of aromatic amines is 1. The fraction of sp³-hybridized carbons (Fsp3) is 0.136. The van der Waals surface area contributed by atoms with E-state index in [1.807, 2.05) is 54.7 Å². The third kappa shape index (κ3) is 7.63. The lowest BCUT2D eigenvalue weighted by molar-refractivity contribution is -0.192. The Morgan fingerprint density at radius 1 is 1.12 bits per heavy atom. The largest absolute Gasteiger partial charge is 0.497 e. The number of alkyl halides is 3. The molecule has 0 fully saturated rings. The molecule has 168 valence electrons. The average Bonchev–Trinajstić information content (AvgIpc) is 3.21. The fourth-order valence-electron chi connectivity index (χ4n) is 2.50. The van der Waals surface area contributed by atoms with Gasteiger partial charge in [0.2, 0.25) is 0 Å². The maximum atomic E-state index is 10.6. The Morgan fingerprint density at radius 2 is 1.78 bits per heavy atom. The summed E-state index contributed by atoms with van der Waals surface area (Å²) in [5, 5.41) is 15.8. The van der Waals surface area contributed by atoms with Gasteiger partial charge in [0.15, 0.2) is 0 Å². The first-order chi connectivity index (χ1) is 15.1. The van der Waals surface area contributed by atoms with Gasteiger partial charge in [0, 0.05) is 18.1 Å². The second kappa shape index (κ2) is 10.8. The molecule has 0 atom stereocenters. The number of nitrogens with zero attached hydrogens (tertiary/aromatic N) is 1. The van der Waals surface area contributed by atoms with E-state index in [4.69, 9.17) is 19.7 Å². The Kier molecular flexibility index (Phi) is 8.17. The minimum Gasteiger partial charge on any atom is -0.497 e. The number of rotatable bonds is 6. The Balaban J connectivity index is 0.000000451. The molecule has 0 spiro atoms. The number of carboxylic acid groups (broad SMARTS) is 2. The van der Waals surface area contributed by atoms with Gasteiger partial charge in [-0.1, -0.05) is 36.4 Å². The highest BCUT2D eigenvalue weighted by Crippen LogP contribution is 2.22. The second-order valence-electron chi connectivity index (χ2n) is 6.37. The lowest BCUT2D eigenvalue weighted by atomic mass is 10.1. The van der Waals surface area contributed by atoms with E-state index in [2.05, 4.69) is 9.97 Å². The number of nitrogens with one attached hydrogen (secondary N) is 1. The third-order valence-electron chi connectivity index (χ3n) is 4.02. The number of aliphatic carboxylic acids is 2. The van der Waals surface area contributed by atoms with Gasteiger partial charge in [-0.3, -0.25) is 0 Å². The lowest BCUT2D eigenvalue weighted by Crippen LogP contribution is -2.21. The monoisotopic (exact) mass is 448 g/mol. The quantitative estimate of drug-likeness (QED) is 0.482. The van der Waals surface area contributed by atoms with Gasteiger partial charge in [0.25, 0.3) is 0 Å². The van der Waals surface area contributed by atoms with Crippen LogP contribution in [0, 0.1) is 0 Å². The van der Waals surface area contributed by atoms with Gasteiger partial charge in [-0.2, -0.15) is 13.2 Å². The molecule has 0 amide bonds. The van der Waals surface area contributed by atoms with Crippen LogP contribution in [0.1, 0.15) is 17.0 Å². The zero-order chi connectivity index (χ0) is 23.7. The highest BCUT2D eigenvalue weighted by molar-refractivity contribution is 5.85. The SMILES string of the molecule is COc1cccc(-c2cnc(Cc3ccc(/C=C/C(=O)O)cc3)[nH]2)c1.O=C(O)C(F)(F)F. The average molecular weight is 448 g/mol. The molecule has 0 saturated carbocycles. The van der Waals surface area contributed by atoms with Crippen LogP contribution < -0.4 is 4.74 Å². The van der Waals surface area contributed by atoms with E-state index in [-0.39, 0.29) is 0 Å². The first-order valence-electron chi connectivity index (χ1n) is 9.07. The van der Waals surface area contributed by atoms with Crippen LogP contribution in [0.5, 0.6) is 5.75 Å². The van der Waals surface area contributed by atoms with Crippen molar-refractivity contribution in [1.29, 1.82) is 0 Å². The van der Waals surface area contributed by atoms with Crippen molar-refractivity contribution < 1.29 is 37.7 Å². The number of hydrogen-bond donors (Lipinski definition) is 3. The van der Waals surface area contributed by atoms with Crippen molar-refractivity contribution in [2.45, 2.75) is 12.6 Å². The summed E-state index contributed by atoms with van der Waals surface area (Å²) in [6, 6.07) is 15.5. The van der Waals surface area contributed by atoms with E-state index in [0.29, 0.717) is 6.42 Å². The number of carboxylic acids is 2. The van der Waals surface area contributed by atoms with Crippen LogP contribution in [0.15, 0.2) is 60.8 Å². The van der Waals surface area contributed by atoms with Crippen LogP contribution in [-0.2, 0) is 16.0 Å². The molecule has 1 aromatic heterocycles. The van der Waals surface area contributed by atoms with E-state index in [1.165, 1.54) is 0 Å². The Bertz CT molecular complexity index is 1090. The van der Waals surface area contributed by atoms with Crippen LogP contribution in [0.25, 0.3) is 17.3 Å². The number of H-pyrrole nitrogens is 1. The maximum Gasteiger partial charge on any atom is 0.490 e. The second-order valence-corrected chi connectivity index (χ2v) is 6.37. The molecule has 32 heavy (non-hydrogen) atoms. The minimum absolute atomic E-state index is 0.674. The molecule has 0 unspecified atom stereocenters. The highest BCUT2D eigenvalue weighted by atomic mass is 19.4. The molecular formula is C22H19F3N2O5. The fourth-order valence-corrected chi connectivity index (χ4v) is 2.50. The summed E-state index contributed by atoms with van der Waals surface area (Å²) in [6.07, 6.45) is 0.100. The molecule has 3 rings (SSSR count). The van der Waals surface area contributed by atoms with Gasteiger partial charge < -0.3 is 19.9 Å². The number of aromatic nitrogens is 2. The standard InChI is InChI=1S/C20H18N2O3.C2HF3O2/c1-25-17-4-2-3-16(12-17)18-13-21-19(22-18)11-15-7-5-14(6-8-15)9-10-20(23)24;3-2(4,5)1(6)7/h2-10,12-13H,11H2,1H3,(H,21,22)(H,23,24);(H,6,7)/b10-9+;. The van der Waals surface area contributed by atoms with Gasteiger partial charge in [0.1, 0.15) is 11.6 Å². The zero-order valence-electron chi connectivity index (χ0n) is 16.8. The molecule has 0 saturated heterocycles. The topological polar surface area (TPSA) is 113 Å². The Labute approximate surface area is 180 Å². The highest BCUT2D eigenvalue weighted by Gasteiger charge is 2.38. The lowest BCUT2D eigenvalue weighted by Gasteiger charge is -2.02. The van der Waals surface area contributed by atoms with Crippen LogP contribution in [0.3, 0.4) is 0 Å². The number of benzene rings is 2. The van der Waals surface area contributed by atoms with Crippen LogP contribution in [-0.4, -0.2) is 45.4 Å². The molecule has 3 N–H and O–H groups in total. The smallest absolute Gasteiger partial charge is 0.490 e. The molecule has 1 heterocycles. The number of hydrogen-bond acceptors (Lipinski definition) is 4. The molecular weight excluding hydrogens is 429 g/mol. The van der Waals surface area contributed by atoms with Crippen molar-refractivity contribution in [2.75, 3.05) is 7.11 Å². The summed E-state index contributed by atoms with van der Waals surface area (Å²) >= 11 is 0. The Morgan fingerprint density at radius 3 is 2.34 bits per heavy atom. The number of ether oxygens (including phenoxy) is 1. The van der Waals surface area contributed by atoms with Crippen LogP contribution in [0.2, 0.25) is 0 Å². The molecule has 0 aliphatic rings. The molecule has 2 aromatic carbocycles. The number of imidazole rings is 1. The van der Waals surface area contributed by atoms with Crippen molar-refractivity contribution in [3.8, 4) is 17.0 Å². The molecule has 7 nitrogen and oxygen atoms in total. The predicted octanol–water partition coefficient (Wildman–Crippen LogP) is 4.41. The molecule has 0 aliphatic carbocycles. The van der Waals surface area contributed by atoms with Crippen molar-refractivity contribution in [3.63, 3.8) is 0 Å². The molecule has 0 radical (unpaired) electrons. The van der Waals surface area contributed by atoms with Gasteiger partial charge in [-0.25, -0.2) is 14.6 Å². The molecule has 0 bridgehead atoms. The first kappa shape index (κ1) is 24.2. The van der Waals surface area contributed by atoms with Gasteiger partial charge in [0.05, 0.1) is 19.0 Å². The van der Waals surface area contributed by atoms with E-state index in [1.54, 1.807) is 13.2 Å². The van der Waals surface area contributed by atoms with Crippen molar-refractivity contribution in [2.24, 2.45) is 0 Å². The van der Waals surface area contributed by atoms with Gasteiger partial charge >= 0.3 is 18.1 Å². The summed E-state index contributed by atoms with van der Waals surface area (Å²) in [5.41, 5.74) is 3.91. The summed E-state index contributed by atoms with van der Waals surface area (Å²) in [7, 11) is 1.65. The van der Waals surface area contributed by atoms with E-state index >= 15 is 0 Å². The maximum absolute atomic E-state index is 10.6. The predicted molar refractivity (Wildman–Crippen MR) is 110 cm³/mol. The van der Waals surface area contributed by atoms with Crippen LogP contribution >= 0.6 is 0 Å². The Hall–Kier alpha value is -4.08. The minimum atomic E-state index is -5.08.